The van der Waals surface area contributed by atoms with Crippen molar-refractivity contribution >= 4 is 16.6 Å². The minimum absolute atomic E-state index is 0.0597. The quantitative estimate of drug-likeness (QED) is 0.684. The minimum atomic E-state index is -0.311. The van der Waals surface area contributed by atoms with Crippen molar-refractivity contribution in [3.05, 3.63) is 66.0 Å². The zero-order valence-corrected chi connectivity index (χ0v) is 11.0. The maximum absolute atomic E-state index is 13.7. The Labute approximate surface area is 115 Å². The molecule has 0 aliphatic carbocycles. The Morgan fingerprint density at radius 1 is 1.20 bits per heavy atom. The molecule has 0 saturated carbocycles. The normalized spacial score (nSPS) is 10.9. The van der Waals surface area contributed by atoms with Crippen molar-refractivity contribution in [1.82, 2.24) is 9.55 Å². The van der Waals surface area contributed by atoms with Gasteiger partial charge in [0.1, 0.15) is 11.6 Å². The summed E-state index contributed by atoms with van der Waals surface area (Å²) >= 11 is 0. The van der Waals surface area contributed by atoms with Gasteiger partial charge in [-0.2, -0.15) is 0 Å². The van der Waals surface area contributed by atoms with E-state index in [1.807, 2.05) is 11.6 Å². The van der Waals surface area contributed by atoms with Crippen LogP contribution in [0.15, 0.2) is 48.8 Å². The van der Waals surface area contributed by atoms with Crippen LogP contribution in [0.2, 0.25) is 0 Å². The van der Waals surface area contributed by atoms with E-state index in [0.29, 0.717) is 22.2 Å². The highest BCUT2D eigenvalue weighted by Crippen LogP contribution is 2.22. The molecule has 0 amide bonds. The summed E-state index contributed by atoms with van der Waals surface area (Å²) in [4.78, 5) is 16.6. The number of hydrogen-bond donors (Lipinski definition) is 0. The molecule has 0 aliphatic rings. The lowest BCUT2D eigenvalue weighted by Crippen LogP contribution is -2.09. The molecule has 0 N–H and O–H groups in total. The molecule has 0 radical (unpaired) electrons. The van der Waals surface area contributed by atoms with Gasteiger partial charge in [0.05, 0.1) is 6.42 Å². The number of Topliss-reactive ketones (excluding diaryl/α,β-unsaturated/α-hetero) is 1. The number of aromatic nitrogens is 2. The zero-order chi connectivity index (χ0) is 14.1. The van der Waals surface area contributed by atoms with Crippen LogP contribution in [0.3, 0.4) is 0 Å². The van der Waals surface area contributed by atoms with Gasteiger partial charge in [0, 0.05) is 30.4 Å². The predicted molar refractivity (Wildman–Crippen MR) is 75.1 cm³/mol. The Kier molecular flexibility index (Phi) is 3.06. The summed E-state index contributed by atoms with van der Waals surface area (Å²) in [5.74, 6) is 0.327. The first kappa shape index (κ1) is 12.5. The fraction of sp³-hybridized carbons (Fsp3) is 0.125. The van der Waals surface area contributed by atoms with Crippen molar-refractivity contribution in [3.63, 3.8) is 0 Å². The second-order valence-corrected chi connectivity index (χ2v) is 4.69. The van der Waals surface area contributed by atoms with Crippen LogP contribution in [-0.4, -0.2) is 15.3 Å². The van der Waals surface area contributed by atoms with Crippen LogP contribution >= 0.6 is 0 Å². The van der Waals surface area contributed by atoms with Crippen molar-refractivity contribution in [2.75, 3.05) is 0 Å². The number of halogens is 1. The van der Waals surface area contributed by atoms with Crippen LogP contribution in [0.1, 0.15) is 16.2 Å². The molecule has 3 rings (SSSR count). The number of carbonyl (C=O) groups excluding carboxylic acids is 1. The third kappa shape index (κ3) is 2.09. The van der Waals surface area contributed by atoms with Gasteiger partial charge in [0.25, 0.3) is 0 Å². The topological polar surface area (TPSA) is 34.9 Å². The fourth-order valence-corrected chi connectivity index (χ4v) is 2.31. The number of fused-ring (bicyclic) bond motifs is 1. The van der Waals surface area contributed by atoms with E-state index in [9.17, 15) is 9.18 Å². The van der Waals surface area contributed by atoms with Crippen molar-refractivity contribution in [3.8, 4) is 0 Å². The summed E-state index contributed by atoms with van der Waals surface area (Å²) in [6.45, 7) is 0. The molecule has 0 fully saturated rings. The Morgan fingerprint density at radius 2 is 1.95 bits per heavy atom. The molecule has 0 aliphatic heterocycles. The number of imidazole rings is 1. The van der Waals surface area contributed by atoms with Crippen molar-refractivity contribution in [1.29, 1.82) is 0 Å². The molecule has 0 bridgehead atoms. The van der Waals surface area contributed by atoms with E-state index in [-0.39, 0.29) is 18.0 Å². The first-order valence-electron chi connectivity index (χ1n) is 6.33. The third-order valence-corrected chi connectivity index (χ3v) is 3.41. The summed E-state index contributed by atoms with van der Waals surface area (Å²) < 4.78 is 15.6. The number of rotatable bonds is 3. The second-order valence-electron chi connectivity index (χ2n) is 4.69. The molecule has 4 heteroatoms. The Hall–Kier alpha value is -2.49. The van der Waals surface area contributed by atoms with E-state index in [4.69, 9.17) is 0 Å². The predicted octanol–water partition coefficient (Wildman–Crippen LogP) is 3.14. The number of benzene rings is 2. The molecule has 3 aromatic rings. The van der Waals surface area contributed by atoms with Crippen LogP contribution in [0.5, 0.6) is 0 Å². The standard InChI is InChI=1S/C16H13FN2O/c1-19-9-8-18-16(19)10-15(20)13-6-7-14(17)12-5-3-2-4-11(12)13/h2-9H,10H2,1H3. The van der Waals surface area contributed by atoms with Crippen molar-refractivity contribution in [2.24, 2.45) is 7.05 Å². The van der Waals surface area contributed by atoms with Crippen molar-refractivity contribution in [2.45, 2.75) is 6.42 Å². The average molecular weight is 268 g/mol. The SMILES string of the molecule is Cn1ccnc1CC(=O)c1ccc(F)c2ccccc12. The lowest BCUT2D eigenvalue weighted by molar-refractivity contribution is 0.0991. The zero-order valence-electron chi connectivity index (χ0n) is 11.0. The van der Waals surface area contributed by atoms with E-state index < -0.39 is 0 Å². The average Bonchev–Trinajstić information content (AvgIpc) is 2.85. The first-order chi connectivity index (χ1) is 9.66. The van der Waals surface area contributed by atoms with E-state index >= 15 is 0 Å². The van der Waals surface area contributed by atoms with Crippen LogP contribution in [0.4, 0.5) is 4.39 Å². The number of aryl methyl sites for hydroxylation is 1. The molecule has 2 aromatic carbocycles. The summed E-state index contributed by atoms with van der Waals surface area (Å²) in [5.41, 5.74) is 0.532. The second kappa shape index (κ2) is 4.89. The van der Waals surface area contributed by atoms with Crippen LogP contribution in [0, 0.1) is 5.82 Å². The molecular formula is C16H13FN2O. The van der Waals surface area contributed by atoms with Crippen LogP contribution in [0.25, 0.3) is 10.8 Å². The third-order valence-electron chi connectivity index (χ3n) is 3.41. The van der Waals surface area contributed by atoms with Gasteiger partial charge < -0.3 is 4.57 Å². The molecular weight excluding hydrogens is 255 g/mol. The molecule has 1 heterocycles. The van der Waals surface area contributed by atoms with Gasteiger partial charge in [-0.3, -0.25) is 4.79 Å². The number of carbonyl (C=O) groups is 1. The van der Waals surface area contributed by atoms with Gasteiger partial charge in [-0.15, -0.1) is 0 Å². The van der Waals surface area contributed by atoms with Crippen molar-refractivity contribution < 1.29 is 9.18 Å². The van der Waals surface area contributed by atoms with Gasteiger partial charge in [0.15, 0.2) is 5.78 Å². The summed E-state index contributed by atoms with van der Waals surface area (Å²) in [6, 6.07) is 9.90. The molecule has 1 aromatic heterocycles. The monoisotopic (exact) mass is 268 g/mol. The Morgan fingerprint density at radius 3 is 2.65 bits per heavy atom. The Bertz CT molecular complexity index is 792. The molecule has 0 unspecified atom stereocenters. The summed E-state index contributed by atoms with van der Waals surface area (Å²) in [7, 11) is 1.85. The highest BCUT2D eigenvalue weighted by molar-refractivity contribution is 6.08. The first-order valence-corrected chi connectivity index (χ1v) is 6.33. The maximum atomic E-state index is 13.7. The van der Waals surface area contributed by atoms with Crippen LogP contribution < -0.4 is 0 Å². The number of hydrogen-bond acceptors (Lipinski definition) is 2. The Balaban J connectivity index is 2.04. The van der Waals surface area contributed by atoms with Gasteiger partial charge in [-0.25, -0.2) is 9.37 Å². The molecule has 0 spiro atoms. The minimum Gasteiger partial charge on any atom is -0.338 e. The van der Waals surface area contributed by atoms with Gasteiger partial charge in [-0.05, 0) is 17.5 Å². The fourth-order valence-electron chi connectivity index (χ4n) is 2.31. The van der Waals surface area contributed by atoms with Crippen LogP contribution in [-0.2, 0) is 13.5 Å². The van der Waals surface area contributed by atoms with E-state index in [0.717, 1.165) is 0 Å². The van der Waals surface area contributed by atoms with E-state index in [1.54, 1.807) is 42.7 Å². The summed E-state index contributed by atoms with van der Waals surface area (Å²) in [5, 5.41) is 1.12. The highest BCUT2D eigenvalue weighted by Gasteiger charge is 2.14. The van der Waals surface area contributed by atoms with Gasteiger partial charge in [0.2, 0.25) is 0 Å². The van der Waals surface area contributed by atoms with Gasteiger partial charge in [-0.1, -0.05) is 24.3 Å². The van der Waals surface area contributed by atoms with E-state index in [2.05, 4.69) is 4.98 Å². The van der Waals surface area contributed by atoms with E-state index in [1.165, 1.54) is 6.07 Å². The molecule has 3 nitrogen and oxygen atoms in total. The number of nitrogens with zero attached hydrogens (tertiary/aromatic N) is 2. The maximum Gasteiger partial charge on any atom is 0.171 e. The smallest absolute Gasteiger partial charge is 0.171 e. The molecule has 0 atom stereocenters. The highest BCUT2D eigenvalue weighted by atomic mass is 19.1. The lowest BCUT2D eigenvalue weighted by atomic mass is 9.99. The summed E-state index contributed by atoms with van der Waals surface area (Å²) in [6.07, 6.45) is 3.66. The molecule has 100 valence electrons. The number of ketones is 1. The largest absolute Gasteiger partial charge is 0.338 e. The lowest BCUT2D eigenvalue weighted by Gasteiger charge is -2.07. The van der Waals surface area contributed by atoms with Gasteiger partial charge >= 0.3 is 0 Å². The molecule has 20 heavy (non-hydrogen) atoms. The molecule has 0 saturated heterocycles.